The highest BCUT2D eigenvalue weighted by atomic mass is 35.5. The molecule has 0 saturated carbocycles. The van der Waals surface area contributed by atoms with E-state index in [9.17, 15) is 4.79 Å². The van der Waals surface area contributed by atoms with Crippen molar-refractivity contribution < 1.29 is 9.21 Å². The molecule has 1 aliphatic heterocycles. The summed E-state index contributed by atoms with van der Waals surface area (Å²) >= 11 is 18.1. The summed E-state index contributed by atoms with van der Waals surface area (Å²) in [6.45, 7) is 0. The molecule has 1 saturated heterocycles. The molecule has 1 N–H and O–H groups in total. The number of nitrogens with zero attached hydrogens (tertiary/aromatic N) is 1. The molecule has 8 heteroatoms. The zero-order valence-corrected chi connectivity index (χ0v) is 16.5. The van der Waals surface area contributed by atoms with Crippen LogP contribution in [0.5, 0.6) is 0 Å². The highest BCUT2D eigenvalue weighted by Crippen LogP contribution is 2.29. The summed E-state index contributed by atoms with van der Waals surface area (Å²) in [4.78, 5) is 16.5. The van der Waals surface area contributed by atoms with Crippen molar-refractivity contribution in [2.75, 3.05) is 0 Å². The Kier molecular flexibility index (Phi) is 4.94. The van der Waals surface area contributed by atoms with Crippen molar-refractivity contribution >= 4 is 74.5 Å². The fourth-order valence-corrected chi connectivity index (χ4v) is 3.73. The third-order valence-corrected chi connectivity index (χ3v) is 5.52. The van der Waals surface area contributed by atoms with Crippen molar-refractivity contribution in [1.82, 2.24) is 10.3 Å². The zero-order valence-electron chi connectivity index (χ0n) is 13.4. The van der Waals surface area contributed by atoms with Crippen molar-refractivity contribution in [3.63, 3.8) is 0 Å². The van der Waals surface area contributed by atoms with Crippen LogP contribution in [0.2, 0.25) is 10.0 Å². The Hall–Kier alpha value is -2.30. The van der Waals surface area contributed by atoms with E-state index in [1.165, 1.54) is 11.8 Å². The number of carbonyl (C=O) groups excluding carboxylic acids is 1. The molecule has 1 aromatic carbocycles. The van der Waals surface area contributed by atoms with Crippen LogP contribution in [0.1, 0.15) is 16.9 Å². The molecule has 132 valence electrons. The van der Waals surface area contributed by atoms with Gasteiger partial charge in [-0.3, -0.25) is 9.78 Å². The first-order chi connectivity index (χ1) is 13.0. The molecule has 0 radical (unpaired) electrons. The molecule has 0 aliphatic carbocycles. The Labute approximate surface area is 173 Å². The van der Waals surface area contributed by atoms with Gasteiger partial charge in [0.15, 0.2) is 5.58 Å². The van der Waals surface area contributed by atoms with Crippen molar-refractivity contribution in [3.8, 4) is 11.8 Å². The van der Waals surface area contributed by atoms with Gasteiger partial charge in [-0.15, -0.1) is 0 Å². The normalized spacial score (nSPS) is 15.1. The Morgan fingerprint density at radius 2 is 2.04 bits per heavy atom. The molecule has 2 aromatic heterocycles. The van der Waals surface area contributed by atoms with Gasteiger partial charge in [0, 0.05) is 29.4 Å². The van der Waals surface area contributed by atoms with Crippen LogP contribution in [-0.2, 0) is 4.79 Å². The minimum Gasteiger partial charge on any atom is -0.455 e. The zero-order chi connectivity index (χ0) is 19.0. The Balaban J connectivity index is 1.71. The summed E-state index contributed by atoms with van der Waals surface area (Å²) in [5, 5.41) is 4.27. The Morgan fingerprint density at radius 1 is 1.19 bits per heavy atom. The summed E-state index contributed by atoms with van der Waals surface area (Å²) in [7, 11) is 0. The number of rotatable bonds is 1. The number of pyridine rings is 1. The van der Waals surface area contributed by atoms with Crippen LogP contribution in [0.3, 0.4) is 0 Å². The second-order valence-electron chi connectivity index (χ2n) is 5.49. The molecule has 1 fully saturated rings. The van der Waals surface area contributed by atoms with Crippen LogP contribution in [0.4, 0.5) is 0 Å². The number of thiocarbonyl (C=S) groups is 1. The first kappa shape index (κ1) is 18.1. The van der Waals surface area contributed by atoms with Crippen LogP contribution in [-0.4, -0.2) is 15.2 Å². The monoisotopic (exact) mass is 430 g/mol. The SMILES string of the molecule is O=C1NC(=S)S/C1=C\c1cc2cncc(C#Cc3ccc(Cl)c(Cl)c3)c2o1. The van der Waals surface area contributed by atoms with Crippen LogP contribution in [0.25, 0.3) is 17.0 Å². The number of fused-ring (bicyclic) bond motifs is 1. The number of carbonyl (C=O) groups is 1. The number of nitrogens with one attached hydrogen (secondary N) is 1. The average molecular weight is 431 g/mol. The third kappa shape index (κ3) is 3.87. The van der Waals surface area contributed by atoms with E-state index in [4.69, 9.17) is 39.8 Å². The Morgan fingerprint density at radius 3 is 2.78 bits per heavy atom. The molecular formula is C19H8Cl2N2O2S2. The number of amides is 1. The second kappa shape index (κ2) is 7.37. The molecule has 1 amide bonds. The lowest BCUT2D eigenvalue weighted by atomic mass is 10.2. The topological polar surface area (TPSA) is 55.1 Å². The predicted octanol–water partition coefficient (Wildman–Crippen LogP) is 5.02. The molecule has 1 aliphatic rings. The predicted molar refractivity (Wildman–Crippen MR) is 113 cm³/mol. The van der Waals surface area contributed by atoms with Crippen molar-refractivity contribution in [2.24, 2.45) is 0 Å². The van der Waals surface area contributed by atoms with E-state index in [1.807, 2.05) is 0 Å². The number of halogens is 2. The summed E-state index contributed by atoms with van der Waals surface area (Å²) in [5.74, 6) is 6.35. The van der Waals surface area contributed by atoms with Crippen LogP contribution in [0, 0.1) is 11.8 Å². The van der Waals surface area contributed by atoms with Crippen molar-refractivity contribution in [3.05, 3.63) is 68.5 Å². The first-order valence-corrected chi connectivity index (χ1v) is 9.57. The van der Waals surface area contributed by atoms with E-state index in [1.54, 1.807) is 42.7 Å². The van der Waals surface area contributed by atoms with Crippen LogP contribution >= 0.6 is 47.2 Å². The number of hydrogen-bond acceptors (Lipinski definition) is 5. The van der Waals surface area contributed by atoms with Crippen LogP contribution in [0.15, 0.2) is 46.0 Å². The van der Waals surface area contributed by atoms with Gasteiger partial charge in [-0.25, -0.2) is 0 Å². The summed E-state index contributed by atoms with van der Waals surface area (Å²) in [6, 6.07) is 6.97. The van der Waals surface area contributed by atoms with E-state index in [-0.39, 0.29) is 5.91 Å². The third-order valence-electron chi connectivity index (χ3n) is 3.62. The number of hydrogen-bond donors (Lipinski definition) is 1. The van der Waals surface area contributed by atoms with Gasteiger partial charge in [-0.2, -0.15) is 0 Å². The van der Waals surface area contributed by atoms with Gasteiger partial charge in [-0.1, -0.05) is 59.0 Å². The van der Waals surface area contributed by atoms with Crippen LogP contribution < -0.4 is 5.32 Å². The lowest BCUT2D eigenvalue weighted by Crippen LogP contribution is -2.17. The molecule has 3 aromatic rings. The molecule has 27 heavy (non-hydrogen) atoms. The maximum absolute atomic E-state index is 11.8. The van der Waals surface area contributed by atoms with Gasteiger partial charge in [0.1, 0.15) is 10.1 Å². The van der Waals surface area contributed by atoms with Gasteiger partial charge in [0.05, 0.1) is 20.5 Å². The summed E-state index contributed by atoms with van der Waals surface area (Å²) in [6.07, 6.45) is 4.95. The first-order valence-electron chi connectivity index (χ1n) is 7.59. The molecule has 3 heterocycles. The molecule has 0 atom stereocenters. The number of aromatic nitrogens is 1. The lowest BCUT2D eigenvalue weighted by molar-refractivity contribution is -0.115. The maximum atomic E-state index is 11.8. The van der Waals surface area contributed by atoms with E-state index in [0.29, 0.717) is 36.2 Å². The largest absolute Gasteiger partial charge is 0.455 e. The molecule has 4 nitrogen and oxygen atoms in total. The van der Waals surface area contributed by atoms with Crippen molar-refractivity contribution in [2.45, 2.75) is 0 Å². The van der Waals surface area contributed by atoms with E-state index in [2.05, 4.69) is 22.1 Å². The van der Waals surface area contributed by atoms with E-state index in [0.717, 1.165) is 10.9 Å². The molecule has 0 bridgehead atoms. The molecule has 4 rings (SSSR count). The van der Waals surface area contributed by atoms with Gasteiger partial charge in [0.2, 0.25) is 0 Å². The van der Waals surface area contributed by atoms with E-state index < -0.39 is 0 Å². The fraction of sp³-hybridized carbons (Fsp3) is 0. The minimum absolute atomic E-state index is 0.233. The van der Waals surface area contributed by atoms with Gasteiger partial charge < -0.3 is 9.73 Å². The number of furan rings is 1. The van der Waals surface area contributed by atoms with Gasteiger partial charge in [0.25, 0.3) is 5.91 Å². The van der Waals surface area contributed by atoms with Crippen molar-refractivity contribution in [1.29, 1.82) is 0 Å². The number of benzene rings is 1. The summed E-state index contributed by atoms with van der Waals surface area (Å²) < 4.78 is 6.30. The van der Waals surface area contributed by atoms with Gasteiger partial charge >= 0.3 is 0 Å². The quantitative estimate of drug-likeness (QED) is 0.333. The minimum atomic E-state index is -0.233. The number of thioether (sulfide) groups is 1. The highest BCUT2D eigenvalue weighted by molar-refractivity contribution is 8.26. The fourth-order valence-electron chi connectivity index (χ4n) is 2.41. The maximum Gasteiger partial charge on any atom is 0.263 e. The lowest BCUT2D eigenvalue weighted by Gasteiger charge is -1.95. The van der Waals surface area contributed by atoms with Gasteiger partial charge in [-0.05, 0) is 24.3 Å². The Bertz CT molecular complexity index is 1210. The second-order valence-corrected chi connectivity index (χ2v) is 8.02. The smallest absolute Gasteiger partial charge is 0.263 e. The summed E-state index contributed by atoms with van der Waals surface area (Å²) in [5.41, 5.74) is 1.94. The highest BCUT2D eigenvalue weighted by Gasteiger charge is 2.22. The molecule has 0 unspecified atom stereocenters. The standard InChI is InChI=1S/C19H8Cl2N2O2S2/c20-14-4-2-10(5-15(14)21)1-3-11-8-22-9-12-6-13(25-17(11)12)7-16-18(24)23-19(26)27-16/h2,4-9H,(H,23,24,26)/b16-7-. The average Bonchev–Trinajstić information content (AvgIpc) is 3.18. The molecule has 0 spiro atoms. The van der Waals surface area contributed by atoms with E-state index >= 15 is 0 Å². The molecular weight excluding hydrogens is 423 g/mol.